The fourth-order valence-electron chi connectivity index (χ4n) is 5.60. The van der Waals surface area contributed by atoms with Crippen LogP contribution in [0.3, 0.4) is 0 Å². The molecule has 5 rings (SSSR count). The monoisotopic (exact) mass is 582 g/mol. The van der Waals surface area contributed by atoms with Crippen molar-refractivity contribution in [1.82, 2.24) is 10.2 Å². The number of benzene rings is 4. The van der Waals surface area contributed by atoms with Gasteiger partial charge in [-0.25, -0.2) is 0 Å². The SMILES string of the molecule is O=C(NC1CCCC1)[C@H](Cc1ccccc1)N(Cc1ccc(Br)cc1)C(=O)CCc1cccc2ccccc12. The predicted octanol–water partition coefficient (Wildman–Crippen LogP) is 7.23. The first-order valence-electron chi connectivity index (χ1n) is 13.9. The summed E-state index contributed by atoms with van der Waals surface area (Å²) in [6, 6.07) is 32.2. The Morgan fingerprint density at radius 1 is 0.821 bits per heavy atom. The number of rotatable bonds is 10. The molecule has 0 spiro atoms. The van der Waals surface area contributed by atoms with E-state index in [0.29, 0.717) is 25.8 Å². The first-order valence-corrected chi connectivity index (χ1v) is 14.7. The van der Waals surface area contributed by atoms with E-state index in [2.05, 4.69) is 51.6 Å². The van der Waals surface area contributed by atoms with Crippen molar-refractivity contribution < 1.29 is 9.59 Å². The number of aryl methyl sites for hydroxylation is 1. The summed E-state index contributed by atoms with van der Waals surface area (Å²) in [6.07, 6.45) is 5.74. The molecule has 0 heterocycles. The van der Waals surface area contributed by atoms with Crippen LogP contribution in [0.15, 0.2) is 102 Å². The topological polar surface area (TPSA) is 49.4 Å². The minimum atomic E-state index is -0.586. The summed E-state index contributed by atoms with van der Waals surface area (Å²) >= 11 is 3.51. The molecule has 4 aromatic rings. The largest absolute Gasteiger partial charge is 0.352 e. The zero-order valence-electron chi connectivity index (χ0n) is 22.2. The standard InChI is InChI=1S/C34H35BrN2O2/c35-29-20-17-26(18-21-29)24-37(33(38)22-19-28-13-8-12-27-11-4-7-16-31(27)28)32(23-25-9-2-1-3-10-25)34(39)36-30-14-5-6-15-30/h1-4,7-13,16-18,20-21,30,32H,5-6,14-15,19,22-24H2,(H,36,39)/t32-/m0/s1. The van der Waals surface area contributed by atoms with Gasteiger partial charge in [-0.3, -0.25) is 9.59 Å². The third-order valence-electron chi connectivity index (χ3n) is 7.73. The second kappa shape index (κ2) is 13.1. The van der Waals surface area contributed by atoms with Gasteiger partial charge in [-0.15, -0.1) is 0 Å². The van der Waals surface area contributed by atoms with Gasteiger partial charge < -0.3 is 10.2 Å². The number of hydrogen-bond donors (Lipinski definition) is 1. The van der Waals surface area contributed by atoms with Crippen molar-refractivity contribution in [2.75, 3.05) is 0 Å². The van der Waals surface area contributed by atoms with Gasteiger partial charge in [-0.2, -0.15) is 0 Å². The lowest BCUT2D eigenvalue weighted by atomic mass is 9.99. The van der Waals surface area contributed by atoms with E-state index in [4.69, 9.17) is 0 Å². The van der Waals surface area contributed by atoms with Gasteiger partial charge in [-0.1, -0.05) is 114 Å². The molecular formula is C34H35BrN2O2. The number of fused-ring (bicyclic) bond motifs is 1. The molecule has 200 valence electrons. The highest BCUT2D eigenvalue weighted by Crippen LogP contribution is 2.23. The molecule has 1 atom stereocenters. The average Bonchev–Trinajstić information content (AvgIpc) is 3.48. The van der Waals surface area contributed by atoms with Gasteiger partial charge in [0.15, 0.2) is 0 Å². The zero-order chi connectivity index (χ0) is 27.0. The fourth-order valence-corrected chi connectivity index (χ4v) is 5.87. The quantitative estimate of drug-likeness (QED) is 0.214. The molecule has 39 heavy (non-hydrogen) atoms. The van der Waals surface area contributed by atoms with Crippen molar-refractivity contribution in [2.24, 2.45) is 0 Å². The van der Waals surface area contributed by atoms with E-state index in [1.54, 1.807) is 0 Å². The van der Waals surface area contributed by atoms with Gasteiger partial charge in [0.2, 0.25) is 11.8 Å². The molecule has 0 radical (unpaired) electrons. The van der Waals surface area contributed by atoms with Crippen molar-refractivity contribution in [2.45, 2.75) is 63.6 Å². The smallest absolute Gasteiger partial charge is 0.243 e. The Hall–Kier alpha value is -3.44. The van der Waals surface area contributed by atoms with Gasteiger partial charge in [0.25, 0.3) is 0 Å². The number of hydrogen-bond acceptors (Lipinski definition) is 2. The molecule has 0 unspecified atom stereocenters. The van der Waals surface area contributed by atoms with Crippen LogP contribution in [0.5, 0.6) is 0 Å². The van der Waals surface area contributed by atoms with E-state index in [0.717, 1.165) is 46.8 Å². The number of nitrogens with one attached hydrogen (secondary N) is 1. The van der Waals surface area contributed by atoms with E-state index in [1.165, 1.54) is 10.8 Å². The first kappa shape index (κ1) is 27.1. The Kier molecular flexibility index (Phi) is 9.10. The van der Waals surface area contributed by atoms with E-state index >= 15 is 0 Å². The number of amides is 2. The van der Waals surface area contributed by atoms with Crippen LogP contribution in [0, 0.1) is 0 Å². The molecule has 2 amide bonds. The molecule has 1 aliphatic carbocycles. The van der Waals surface area contributed by atoms with Crippen molar-refractivity contribution in [3.05, 3.63) is 118 Å². The number of nitrogens with zero attached hydrogens (tertiary/aromatic N) is 1. The summed E-state index contributed by atoms with van der Waals surface area (Å²) in [4.78, 5) is 29.7. The lowest BCUT2D eigenvalue weighted by Gasteiger charge is -2.32. The number of carbonyl (C=O) groups is 2. The number of halogens is 1. The summed E-state index contributed by atoms with van der Waals surface area (Å²) in [6.45, 7) is 0.386. The minimum Gasteiger partial charge on any atom is -0.352 e. The third-order valence-corrected chi connectivity index (χ3v) is 8.26. The molecule has 5 heteroatoms. The van der Waals surface area contributed by atoms with E-state index in [1.807, 2.05) is 71.6 Å². The van der Waals surface area contributed by atoms with Crippen molar-refractivity contribution >= 4 is 38.5 Å². The van der Waals surface area contributed by atoms with Crippen molar-refractivity contribution in [1.29, 1.82) is 0 Å². The molecule has 1 fully saturated rings. The molecule has 4 aromatic carbocycles. The minimum absolute atomic E-state index is 0.00615. The molecule has 0 aliphatic heterocycles. The summed E-state index contributed by atoms with van der Waals surface area (Å²) in [7, 11) is 0. The molecule has 0 saturated heterocycles. The Morgan fingerprint density at radius 2 is 1.51 bits per heavy atom. The maximum atomic E-state index is 14.0. The Morgan fingerprint density at radius 3 is 2.28 bits per heavy atom. The molecule has 1 aliphatic rings. The van der Waals surface area contributed by atoms with Gasteiger partial charge >= 0.3 is 0 Å². The second-order valence-corrected chi connectivity index (χ2v) is 11.4. The Bertz CT molecular complexity index is 1390. The normalized spacial score (nSPS) is 14.3. The van der Waals surface area contributed by atoms with E-state index in [-0.39, 0.29) is 17.9 Å². The summed E-state index contributed by atoms with van der Waals surface area (Å²) in [5.74, 6) is -0.0604. The Balaban J connectivity index is 1.43. The van der Waals surface area contributed by atoms with E-state index < -0.39 is 6.04 Å². The number of carbonyl (C=O) groups excluding carboxylic acids is 2. The van der Waals surface area contributed by atoms with E-state index in [9.17, 15) is 9.59 Å². The predicted molar refractivity (Wildman–Crippen MR) is 161 cm³/mol. The van der Waals surface area contributed by atoms with Crippen LogP contribution in [0.1, 0.15) is 48.8 Å². The van der Waals surface area contributed by atoms with Crippen LogP contribution in [0.2, 0.25) is 0 Å². The zero-order valence-corrected chi connectivity index (χ0v) is 23.8. The maximum Gasteiger partial charge on any atom is 0.243 e. The van der Waals surface area contributed by atoms with Gasteiger partial charge in [-0.05, 0) is 58.9 Å². The van der Waals surface area contributed by atoms with Gasteiger partial charge in [0, 0.05) is 29.9 Å². The van der Waals surface area contributed by atoms with Crippen LogP contribution >= 0.6 is 15.9 Å². The maximum absolute atomic E-state index is 14.0. The Labute approximate surface area is 239 Å². The molecule has 0 aromatic heterocycles. The lowest BCUT2D eigenvalue weighted by molar-refractivity contribution is -0.141. The molecule has 1 N–H and O–H groups in total. The van der Waals surface area contributed by atoms with Gasteiger partial charge in [0.1, 0.15) is 6.04 Å². The third kappa shape index (κ3) is 7.15. The molecular weight excluding hydrogens is 548 g/mol. The van der Waals surface area contributed by atoms with Gasteiger partial charge in [0.05, 0.1) is 0 Å². The van der Waals surface area contributed by atoms with Crippen LogP contribution in [0.25, 0.3) is 10.8 Å². The summed E-state index contributed by atoms with van der Waals surface area (Å²) < 4.78 is 0.986. The highest BCUT2D eigenvalue weighted by molar-refractivity contribution is 9.10. The molecule has 1 saturated carbocycles. The van der Waals surface area contributed by atoms with Crippen LogP contribution in [-0.2, 0) is 29.0 Å². The summed E-state index contributed by atoms with van der Waals surface area (Å²) in [5.41, 5.74) is 3.20. The van der Waals surface area contributed by atoms with Crippen molar-refractivity contribution in [3.8, 4) is 0 Å². The van der Waals surface area contributed by atoms with Crippen LogP contribution in [-0.4, -0.2) is 28.8 Å². The van der Waals surface area contributed by atoms with Crippen LogP contribution < -0.4 is 5.32 Å². The fraction of sp³-hybridized carbons (Fsp3) is 0.294. The average molecular weight is 584 g/mol. The molecule has 4 nitrogen and oxygen atoms in total. The summed E-state index contributed by atoms with van der Waals surface area (Å²) in [5, 5.41) is 5.63. The highest BCUT2D eigenvalue weighted by Gasteiger charge is 2.32. The first-order chi connectivity index (χ1) is 19.1. The molecule has 0 bridgehead atoms. The second-order valence-electron chi connectivity index (χ2n) is 10.5. The van der Waals surface area contributed by atoms with Crippen LogP contribution in [0.4, 0.5) is 0 Å². The lowest BCUT2D eigenvalue weighted by Crippen LogP contribution is -2.52. The highest BCUT2D eigenvalue weighted by atomic mass is 79.9. The van der Waals surface area contributed by atoms with Crippen molar-refractivity contribution in [3.63, 3.8) is 0 Å².